The fraction of sp³-hybridized carbons (Fsp3) is 0.357. The molecule has 19 heavy (non-hydrogen) atoms. The first-order chi connectivity index (χ1) is 9.20. The predicted molar refractivity (Wildman–Crippen MR) is 77.8 cm³/mol. The fourth-order valence-corrected chi connectivity index (χ4v) is 4.11. The molecule has 3 heterocycles. The van der Waals surface area contributed by atoms with E-state index in [0.717, 1.165) is 31.1 Å². The number of carbonyl (C=O) groups excluding carboxylic acids is 1. The Hall–Kier alpha value is -1.17. The molecule has 3 rings (SSSR count). The van der Waals surface area contributed by atoms with Gasteiger partial charge in [0.15, 0.2) is 5.06 Å². The first-order valence-electron chi connectivity index (χ1n) is 6.25. The van der Waals surface area contributed by atoms with Crippen LogP contribution >= 0.6 is 22.7 Å². The summed E-state index contributed by atoms with van der Waals surface area (Å²) in [7, 11) is 0. The van der Waals surface area contributed by atoms with Crippen LogP contribution in [0.4, 0.5) is 0 Å². The lowest BCUT2D eigenvalue weighted by molar-refractivity contribution is -0.131. The zero-order valence-corrected chi connectivity index (χ0v) is 12.4. The molecular formula is C14H15NO2S2. The van der Waals surface area contributed by atoms with Crippen LogP contribution < -0.4 is 4.74 Å². The SMILES string of the molecule is CC(=O)Oc1cc2c(s1)CCN(Cc1cccs1)C2. The van der Waals surface area contributed by atoms with E-state index in [2.05, 4.69) is 22.4 Å². The van der Waals surface area contributed by atoms with Gasteiger partial charge in [-0.1, -0.05) is 6.07 Å². The number of nitrogens with zero attached hydrogens (tertiary/aromatic N) is 1. The molecule has 2 aromatic rings. The summed E-state index contributed by atoms with van der Waals surface area (Å²) in [4.78, 5) is 16.2. The van der Waals surface area contributed by atoms with E-state index in [1.807, 2.05) is 6.07 Å². The van der Waals surface area contributed by atoms with E-state index in [4.69, 9.17) is 4.74 Å². The maximum Gasteiger partial charge on any atom is 0.308 e. The summed E-state index contributed by atoms with van der Waals surface area (Å²) in [6.07, 6.45) is 1.05. The minimum absolute atomic E-state index is 0.242. The highest BCUT2D eigenvalue weighted by molar-refractivity contribution is 7.14. The minimum Gasteiger partial charge on any atom is -0.416 e. The third kappa shape index (κ3) is 3.05. The Labute approximate surface area is 120 Å². The second kappa shape index (κ2) is 5.45. The number of hydrogen-bond acceptors (Lipinski definition) is 5. The van der Waals surface area contributed by atoms with E-state index in [1.54, 1.807) is 22.7 Å². The van der Waals surface area contributed by atoms with Gasteiger partial charge < -0.3 is 4.74 Å². The summed E-state index contributed by atoms with van der Waals surface area (Å²) >= 11 is 3.41. The Morgan fingerprint density at radius 1 is 1.53 bits per heavy atom. The third-order valence-corrected chi connectivity index (χ3v) is 5.10. The number of thiophene rings is 2. The summed E-state index contributed by atoms with van der Waals surface area (Å²) in [5, 5.41) is 2.85. The molecule has 0 amide bonds. The van der Waals surface area contributed by atoms with Crippen LogP contribution in [0.25, 0.3) is 0 Å². The Balaban J connectivity index is 1.69. The van der Waals surface area contributed by atoms with Crippen LogP contribution in [0.1, 0.15) is 22.2 Å². The lowest BCUT2D eigenvalue weighted by Gasteiger charge is -2.25. The van der Waals surface area contributed by atoms with E-state index < -0.39 is 0 Å². The van der Waals surface area contributed by atoms with Crippen molar-refractivity contribution in [2.45, 2.75) is 26.4 Å². The number of carbonyl (C=O) groups is 1. The highest BCUT2D eigenvalue weighted by atomic mass is 32.1. The second-order valence-electron chi connectivity index (χ2n) is 4.65. The molecule has 0 spiro atoms. The minimum atomic E-state index is -0.242. The molecule has 0 saturated carbocycles. The van der Waals surface area contributed by atoms with Crippen molar-refractivity contribution in [1.29, 1.82) is 0 Å². The van der Waals surface area contributed by atoms with Crippen molar-refractivity contribution in [3.8, 4) is 5.06 Å². The first-order valence-corrected chi connectivity index (χ1v) is 7.95. The smallest absolute Gasteiger partial charge is 0.308 e. The zero-order chi connectivity index (χ0) is 13.2. The van der Waals surface area contributed by atoms with Gasteiger partial charge in [0.1, 0.15) is 0 Å². The molecule has 5 heteroatoms. The van der Waals surface area contributed by atoms with Crippen LogP contribution in [-0.2, 0) is 24.3 Å². The monoisotopic (exact) mass is 293 g/mol. The van der Waals surface area contributed by atoms with Crippen molar-refractivity contribution >= 4 is 28.6 Å². The van der Waals surface area contributed by atoms with Crippen molar-refractivity contribution < 1.29 is 9.53 Å². The quantitative estimate of drug-likeness (QED) is 0.813. The molecular weight excluding hydrogens is 278 g/mol. The fourth-order valence-electron chi connectivity index (χ4n) is 2.31. The maximum atomic E-state index is 11.0. The van der Waals surface area contributed by atoms with E-state index >= 15 is 0 Å². The topological polar surface area (TPSA) is 29.5 Å². The molecule has 100 valence electrons. The molecule has 0 aromatic carbocycles. The molecule has 1 aliphatic heterocycles. The molecule has 0 fully saturated rings. The van der Waals surface area contributed by atoms with E-state index in [0.29, 0.717) is 0 Å². The van der Waals surface area contributed by atoms with Crippen molar-refractivity contribution in [3.05, 3.63) is 38.9 Å². The number of fused-ring (bicyclic) bond motifs is 1. The molecule has 2 aromatic heterocycles. The Bertz CT molecular complexity index is 574. The van der Waals surface area contributed by atoms with Crippen LogP contribution in [0.5, 0.6) is 5.06 Å². The first kappa shape index (κ1) is 12.8. The molecule has 0 atom stereocenters. The van der Waals surface area contributed by atoms with E-state index in [-0.39, 0.29) is 5.97 Å². The molecule has 1 aliphatic rings. The van der Waals surface area contributed by atoms with Crippen molar-refractivity contribution in [2.24, 2.45) is 0 Å². The van der Waals surface area contributed by atoms with Gasteiger partial charge in [-0.2, -0.15) is 0 Å². The standard InChI is InChI=1S/C14H15NO2S2/c1-10(16)17-14-7-11-8-15(5-4-13(11)19-14)9-12-3-2-6-18-12/h2-3,6-7H,4-5,8-9H2,1H3. The van der Waals surface area contributed by atoms with Crippen LogP contribution in [-0.4, -0.2) is 17.4 Å². The Morgan fingerprint density at radius 3 is 3.16 bits per heavy atom. The molecule has 3 nitrogen and oxygen atoms in total. The molecule has 0 bridgehead atoms. The highest BCUT2D eigenvalue weighted by Gasteiger charge is 2.20. The van der Waals surface area contributed by atoms with Gasteiger partial charge in [0.2, 0.25) is 0 Å². The van der Waals surface area contributed by atoms with Gasteiger partial charge in [-0.05, 0) is 29.5 Å². The van der Waals surface area contributed by atoms with Crippen molar-refractivity contribution in [2.75, 3.05) is 6.54 Å². The molecule has 0 aliphatic carbocycles. The average Bonchev–Trinajstić information content (AvgIpc) is 2.96. The zero-order valence-electron chi connectivity index (χ0n) is 10.7. The predicted octanol–water partition coefficient (Wildman–Crippen LogP) is 3.29. The van der Waals surface area contributed by atoms with Crippen LogP contribution in [0, 0.1) is 0 Å². The normalized spacial score (nSPS) is 15.2. The van der Waals surface area contributed by atoms with Gasteiger partial charge in [0, 0.05) is 36.3 Å². The second-order valence-corrected chi connectivity index (χ2v) is 6.78. The number of rotatable bonds is 3. The largest absolute Gasteiger partial charge is 0.416 e. The summed E-state index contributed by atoms with van der Waals surface area (Å²) in [5.41, 5.74) is 1.31. The Morgan fingerprint density at radius 2 is 2.42 bits per heavy atom. The van der Waals surface area contributed by atoms with Gasteiger partial charge in [0.05, 0.1) is 0 Å². The van der Waals surface area contributed by atoms with E-state index in [1.165, 1.54) is 22.2 Å². The van der Waals surface area contributed by atoms with Crippen LogP contribution in [0.2, 0.25) is 0 Å². The molecule has 0 saturated heterocycles. The Kier molecular flexibility index (Phi) is 3.68. The molecule has 0 radical (unpaired) electrons. The van der Waals surface area contributed by atoms with E-state index in [9.17, 15) is 4.79 Å². The van der Waals surface area contributed by atoms with Crippen molar-refractivity contribution in [3.63, 3.8) is 0 Å². The maximum absolute atomic E-state index is 11.0. The van der Waals surface area contributed by atoms with Gasteiger partial charge in [-0.25, -0.2) is 0 Å². The number of esters is 1. The summed E-state index contributed by atoms with van der Waals surface area (Å²) < 4.78 is 5.17. The number of hydrogen-bond donors (Lipinski definition) is 0. The van der Waals surface area contributed by atoms with Crippen molar-refractivity contribution in [1.82, 2.24) is 4.90 Å². The van der Waals surface area contributed by atoms with Gasteiger partial charge >= 0.3 is 5.97 Å². The molecule has 0 unspecified atom stereocenters. The summed E-state index contributed by atoms with van der Waals surface area (Å²) in [6, 6.07) is 6.29. The summed E-state index contributed by atoms with van der Waals surface area (Å²) in [5.74, 6) is -0.242. The van der Waals surface area contributed by atoms with Crippen LogP contribution in [0.3, 0.4) is 0 Å². The van der Waals surface area contributed by atoms with Gasteiger partial charge in [-0.3, -0.25) is 9.69 Å². The van der Waals surface area contributed by atoms with Crippen LogP contribution in [0.15, 0.2) is 23.6 Å². The number of ether oxygens (including phenoxy) is 1. The molecule has 0 N–H and O–H groups in total. The van der Waals surface area contributed by atoms with Gasteiger partial charge in [-0.15, -0.1) is 22.7 Å². The third-order valence-electron chi connectivity index (χ3n) is 3.13. The lowest BCUT2D eigenvalue weighted by Crippen LogP contribution is -2.28. The highest BCUT2D eigenvalue weighted by Crippen LogP contribution is 2.33. The summed E-state index contributed by atoms with van der Waals surface area (Å²) in [6.45, 7) is 4.48. The van der Waals surface area contributed by atoms with Gasteiger partial charge in [0.25, 0.3) is 0 Å². The lowest BCUT2D eigenvalue weighted by atomic mass is 10.1. The average molecular weight is 293 g/mol.